The monoisotopic (exact) mass is 413 g/mol. The molecule has 0 saturated carbocycles. The lowest BCUT2D eigenvalue weighted by Gasteiger charge is -2.05. The van der Waals surface area contributed by atoms with Gasteiger partial charge in [0.15, 0.2) is 0 Å². The lowest BCUT2D eigenvalue weighted by atomic mass is 10.0. The number of carboxylic acids is 1. The van der Waals surface area contributed by atoms with Crippen LogP contribution in [0.5, 0.6) is 0 Å². The third-order valence-electron chi connectivity index (χ3n) is 4.28. The molecule has 0 radical (unpaired) electrons. The van der Waals surface area contributed by atoms with E-state index >= 15 is 0 Å². The average molecular weight is 414 g/mol. The number of halogens is 1. The number of benzene rings is 2. The number of nitro benzene ring substituents is 1. The highest BCUT2D eigenvalue weighted by Gasteiger charge is 2.19. The van der Waals surface area contributed by atoms with Crippen LogP contribution in [0.15, 0.2) is 52.0 Å². The molecule has 0 aliphatic rings. The zero-order valence-electron chi connectivity index (χ0n) is 15.5. The number of rotatable bonds is 6. The van der Waals surface area contributed by atoms with Gasteiger partial charge in [0.05, 0.1) is 33.0 Å². The van der Waals surface area contributed by atoms with Gasteiger partial charge in [-0.3, -0.25) is 15.5 Å². The van der Waals surface area contributed by atoms with Crippen LogP contribution < -0.4 is 5.43 Å². The van der Waals surface area contributed by atoms with E-state index in [1.165, 1.54) is 24.4 Å². The molecule has 0 aliphatic carbocycles. The number of furan rings is 1. The summed E-state index contributed by atoms with van der Waals surface area (Å²) < 4.78 is 5.67. The lowest BCUT2D eigenvalue weighted by molar-refractivity contribution is -0.384. The Balaban J connectivity index is 1.81. The van der Waals surface area contributed by atoms with Crippen molar-refractivity contribution in [2.45, 2.75) is 13.8 Å². The summed E-state index contributed by atoms with van der Waals surface area (Å²) in [5, 5.41) is 24.6. The van der Waals surface area contributed by atoms with E-state index in [-0.39, 0.29) is 16.3 Å². The molecule has 29 heavy (non-hydrogen) atoms. The van der Waals surface area contributed by atoms with E-state index in [0.717, 1.165) is 11.1 Å². The summed E-state index contributed by atoms with van der Waals surface area (Å²) in [6.45, 7) is 3.68. The first-order valence-corrected chi connectivity index (χ1v) is 8.82. The van der Waals surface area contributed by atoms with Crippen molar-refractivity contribution >= 4 is 35.2 Å². The molecule has 0 bridgehead atoms. The number of aromatic carboxylic acids is 1. The minimum atomic E-state index is -1.15. The van der Waals surface area contributed by atoms with Crippen LogP contribution in [0.1, 0.15) is 27.2 Å². The van der Waals surface area contributed by atoms with Crippen molar-refractivity contribution in [1.82, 2.24) is 0 Å². The third kappa shape index (κ3) is 4.44. The number of nitrogens with one attached hydrogen (secondary N) is 1. The second-order valence-corrected chi connectivity index (χ2v) is 6.69. The highest BCUT2D eigenvalue weighted by Crippen LogP contribution is 2.33. The summed E-state index contributed by atoms with van der Waals surface area (Å²) >= 11 is 5.83. The minimum Gasteiger partial charge on any atom is -0.478 e. The maximum Gasteiger partial charge on any atom is 0.337 e. The predicted molar refractivity (Wildman–Crippen MR) is 110 cm³/mol. The Morgan fingerprint density at radius 3 is 2.62 bits per heavy atom. The van der Waals surface area contributed by atoms with Crippen molar-refractivity contribution in [3.05, 3.63) is 80.1 Å². The topological polar surface area (TPSA) is 118 Å². The number of nitrogens with zero attached hydrogens (tertiary/aromatic N) is 2. The number of carbonyl (C=O) groups is 1. The summed E-state index contributed by atoms with van der Waals surface area (Å²) in [7, 11) is 0. The number of carboxylic acid groups (broad SMARTS) is 1. The van der Waals surface area contributed by atoms with E-state index in [1.807, 2.05) is 13.8 Å². The van der Waals surface area contributed by atoms with Gasteiger partial charge in [0.1, 0.15) is 11.5 Å². The van der Waals surface area contributed by atoms with Crippen LogP contribution in [0.2, 0.25) is 5.02 Å². The molecule has 3 aromatic rings. The predicted octanol–water partition coefficient (Wildman–Crippen LogP) is 5.27. The molecule has 2 N–H and O–H groups in total. The summed E-state index contributed by atoms with van der Waals surface area (Å²) in [6.07, 6.45) is 1.38. The van der Waals surface area contributed by atoms with Crippen molar-refractivity contribution in [2.75, 3.05) is 5.43 Å². The largest absolute Gasteiger partial charge is 0.478 e. The molecule has 9 heteroatoms. The van der Waals surface area contributed by atoms with Crippen molar-refractivity contribution in [3.63, 3.8) is 0 Å². The van der Waals surface area contributed by atoms with Crippen LogP contribution in [0.25, 0.3) is 11.3 Å². The van der Waals surface area contributed by atoms with Crippen LogP contribution in [-0.4, -0.2) is 22.2 Å². The zero-order chi connectivity index (χ0) is 21.1. The second-order valence-electron chi connectivity index (χ2n) is 6.28. The Kier molecular flexibility index (Phi) is 5.65. The summed E-state index contributed by atoms with van der Waals surface area (Å²) in [4.78, 5) is 22.0. The maximum absolute atomic E-state index is 11.4. The number of aryl methyl sites for hydroxylation is 2. The number of hydrogen-bond donors (Lipinski definition) is 2. The van der Waals surface area contributed by atoms with E-state index in [0.29, 0.717) is 22.8 Å². The molecular weight excluding hydrogens is 398 g/mol. The van der Waals surface area contributed by atoms with Gasteiger partial charge in [-0.25, -0.2) is 4.79 Å². The molecule has 1 aromatic heterocycles. The normalized spacial score (nSPS) is 11.0. The molecule has 0 unspecified atom stereocenters. The highest BCUT2D eigenvalue weighted by molar-refractivity contribution is 6.33. The number of hydrogen-bond acceptors (Lipinski definition) is 6. The average Bonchev–Trinajstić information content (AvgIpc) is 3.13. The van der Waals surface area contributed by atoms with E-state index in [4.69, 9.17) is 21.1 Å². The second kappa shape index (κ2) is 8.15. The first-order valence-electron chi connectivity index (χ1n) is 8.44. The van der Waals surface area contributed by atoms with Crippen LogP contribution in [0.3, 0.4) is 0 Å². The summed E-state index contributed by atoms with van der Waals surface area (Å²) in [5.74, 6) is -0.429. The molecule has 0 amide bonds. The summed E-state index contributed by atoms with van der Waals surface area (Å²) in [6, 6.07) is 10.9. The molecule has 2 aromatic carbocycles. The Labute approximate surface area is 170 Å². The van der Waals surface area contributed by atoms with Gasteiger partial charge in [-0.2, -0.15) is 5.10 Å². The molecule has 3 rings (SSSR count). The smallest absolute Gasteiger partial charge is 0.337 e. The van der Waals surface area contributed by atoms with Crippen LogP contribution >= 0.6 is 11.6 Å². The van der Waals surface area contributed by atoms with Gasteiger partial charge in [0.25, 0.3) is 5.69 Å². The minimum absolute atomic E-state index is 0.0357. The Hall–Kier alpha value is -3.65. The Morgan fingerprint density at radius 2 is 1.93 bits per heavy atom. The Bertz CT molecular complexity index is 1140. The maximum atomic E-state index is 11.4. The number of anilines is 1. The van der Waals surface area contributed by atoms with Crippen molar-refractivity contribution in [2.24, 2.45) is 5.10 Å². The quantitative estimate of drug-likeness (QED) is 0.323. The highest BCUT2D eigenvalue weighted by atomic mass is 35.5. The third-order valence-corrected chi connectivity index (χ3v) is 4.61. The number of nitro groups is 1. The molecule has 148 valence electrons. The van der Waals surface area contributed by atoms with E-state index in [1.54, 1.807) is 24.3 Å². The fourth-order valence-corrected chi connectivity index (χ4v) is 2.84. The van der Waals surface area contributed by atoms with Gasteiger partial charge in [-0.1, -0.05) is 11.6 Å². The number of hydrazone groups is 1. The molecular formula is C20H16ClN3O5. The van der Waals surface area contributed by atoms with E-state index < -0.39 is 10.9 Å². The van der Waals surface area contributed by atoms with Crippen molar-refractivity contribution in [3.8, 4) is 11.3 Å². The van der Waals surface area contributed by atoms with Crippen LogP contribution in [0, 0.1) is 24.0 Å². The fraction of sp³-hybridized carbons (Fsp3) is 0.100. The van der Waals surface area contributed by atoms with Gasteiger partial charge in [-0.05, 0) is 61.4 Å². The van der Waals surface area contributed by atoms with Crippen LogP contribution in [-0.2, 0) is 0 Å². The molecule has 0 aliphatic heterocycles. The summed E-state index contributed by atoms with van der Waals surface area (Å²) in [5.41, 5.74) is 5.16. The van der Waals surface area contributed by atoms with Crippen LogP contribution in [0.4, 0.5) is 11.4 Å². The first kappa shape index (κ1) is 20.1. The molecule has 8 nitrogen and oxygen atoms in total. The van der Waals surface area contributed by atoms with Gasteiger partial charge >= 0.3 is 5.97 Å². The standard InChI is InChI=1S/C20H16ClN3O5/c1-11-7-16(18(24(27)28)8-12(11)2)19-6-4-14(29-19)10-22-23-13-3-5-17(21)15(9-13)20(25)26/h3-10,23H,1-2H3,(H,25,26)/b22-10-. The zero-order valence-corrected chi connectivity index (χ0v) is 16.2. The van der Waals surface area contributed by atoms with Gasteiger partial charge < -0.3 is 9.52 Å². The molecule has 0 fully saturated rings. The van der Waals surface area contributed by atoms with Crippen molar-refractivity contribution in [1.29, 1.82) is 0 Å². The fourth-order valence-electron chi connectivity index (χ4n) is 2.65. The molecule has 0 saturated heterocycles. The van der Waals surface area contributed by atoms with Gasteiger partial charge in [0, 0.05) is 6.07 Å². The molecule has 1 heterocycles. The Morgan fingerprint density at radius 1 is 1.21 bits per heavy atom. The van der Waals surface area contributed by atoms with E-state index in [9.17, 15) is 14.9 Å². The van der Waals surface area contributed by atoms with Crippen molar-refractivity contribution < 1.29 is 19.2 Å². The van der Waals surface area contributed by atoms with E-state index in [2.05, 4.69) is 10.5 Å². The molecule has 0 atom stereocenters. The lowest BCUT2D eigenvalue weighted by Crippen LogP contribution is -1.99. The van der Waals surface area contributed by atoms with Gasteiger partial charge in [-0.15, -0.1) is 0 Å². The molecule has 0 spiro atoms. The SMILES string of the molecule is Cc1cc(-c2ccc(/C=N\Nc3ccc(Cl)c(C(=O)O)c3)o2)c([N+](=O)[O-])cc1C. The first-order chi connectivity index (χ1) is 13.8. The van der Waals surface area contributed by atoms with Gasteiger partial charge in [0.2, 0.25) is 0 Å².